The van der Waals surface area contributed by atoms with Gasteiger partial charge in [0.05, 0.1) is 29.5 Å². The Bertz CT molecular complexity index is 1120. The molecule has 4 heterocycles. The molecule has 2 aromatic heterocycles. The summed E-state index contributed by atoms with van der Waals surface area (Å²) in [5.74, 6) is 0.728. The monoisotopic (exact) mass is 477 g/mol. The molecule has 186 valence electrons. The van der Waals surface area contributed by atoms with E-state index in [1.165, 1.54) is 5.69 Å². The molecular formula is C26H35N7O2. The van der Waals surface area contributed by atoms with Crippen LogP contribution in [0, 0.1) is 0 Å². The zero-order chi connectivity index (χ0) is 24.3. The fourth-order valence-electron chi connectivity index (χ4n) is 4.76. The Morgan fingerprint density at radius 2 is 1.89 bits per heavy atom. The lowest BCUT2D eigenvalue weighted by atomic mass is 10.1. The number of morpholine rings is 1. The van der Waals surface area contributed by atoms with Crippen molar-refractivity contribution in [2.75, 3.05) is 69.2 Å². The Morgan fingerprint density at radius 1 is 1.11 bits per heavy atom. The lowest BCUT2D eigenvalue weighted by Crippen LogP contribution is -2.50. The number of hydrogen-bond donors (Lipinski definition) is 3. The molecule has 5 rings (SSSR count). The number of rotatable bonds is 7. The van der Waals surface area contributed by atoms with Crippen LogP contribution in [0.3, 0.4) is 0 Å². The lowest BCUT2D eigenvalue weighted by molar-refractivity contribution is 0.0345. The van der Waals surface area contributed by atoms with E-state index in [1.807, 2.05) is 19.9 Å². The summed E-state index contributed by atoms with van der Waals surface area (Å²) in [5, 5.41) is 16.9. The van der Waals surface area contributed by atoms with Crippen LogP contribution in [0.2, 0.25) is 0 Å². The third-order valence-corrected chi connectivity index (χ3v) is 6.47. The summed E-state index contributed by atoms with van der Waals surface area (Å²) in [7, 11) is 0. The van der Waals surface area contributed by atoms with Crippen LogP contribution in [-0.2, 0) is 4.74 Å². The molecular weight excluding hydrogens is 442 g/mol. The standard InChI is InChI=1S/C26H35N7O2/c1-26(2,34)18-32-10-12-33(13-11-32)20-5-3-19(4-6-20)22-15-23-24(29-8-7-28-23)25(31-22)30-17-21-16-27-9-14-35-21/h3-8,15,21,27,34H,9-14,16-18H2,1-2H3,(H,30,31). The van der Waals surface area contributed by atoms with Crippen LogP contribution in [0.5, 0.6) is 0 Å². The number of piperazine rings is 1. The molecule has 0 saturated carbocycles. The number of benzene rings is 1. The smallest absolute Gasteiger partial charge is 0.154 e. The quantitative estimate of drug-likeness (QED) is 0.472. The van der Waals surface area contributed by atoms with Crippen molar-refractivity contribution in [1.82, 2.24) is 25.2 Å². The van der Waals surface area contributed by atoms with Gasteiger partial charge < -0.3 is 25.4 Å². The van der Waals surface area contributed by atoms with Gasteiger partial charge in [-0.1, -0.05) is 12.1 Å². The van der Waals surface area contributed by atoms with Crippen molar-refractivity contribution >= 4 is 22.5 Å². The Labute approximate surface area is 206 Å². The zero-order valence-electron chi connectivity index (χ0n) is 20.6. The summed E-state index contributed by atoms with van der Waals surface area (Å²) < 4.78 is 5.82. The molecule has 3 N–H and O–H groups in total. The molecule has 9 heteroatoms. The number of pyridine rings is 1. The van der Waals surface area contributed by atoms with Crippen molar-refractivity contribution in [2.45, 2.75) is 25.6 Å². The van der Waals surface area contributed by atoms with Crippen molar-refractivity contribution < 1.29 is 9.84 Å². The van der Waals surface area contributed by atoms with Gasteiger partial charge in [0.15, 0.2) is 5.82 Å². The molecule has 0 spiro atoms. The normalized spacial score (nSPS) is 19.7. The lowest BCUT2D eigenvalue weighted by Gasteiger charge is -2.38. The summed E-state index contributed by atoms with van der Waals surface area (Å²) in [6.07, 6.45) is 3.51. The van der Waals surface area contributed by atoms with E-state index in [4.69, 9.17) is 9.72 Å². The highest BCUT2D eigenvalue weighted by Crippen LogP contribution is 2.27. The number of hydrogen-bond acceptors (Lipinski definition) is 9. The Kier molecular flexibility index (Phi) is 7.10. The number of aromatic nitrogens is 3. The Morgan fingerprint density at radius 3 is 2.60 bits per heavy atom. The third kappa shape index (κ3) is 6.05. The van der Waals surface area contributed by atoms with Crippen LogP contribution >= 0.6 is 0 Å². The van der Waals surface area contributed by atoms with E-state index in [0.717, 1.165) is 74.0 Å². The van der Waals surface area contributed by atoms with Gasteiger partial charge in [0, 0.05) is 76.0 Å². The first kappa shape index (κ1) is 23.9. The van der Waals surface area contributed by atoms with Gasteiger partial charge in [0.25, 0.3) is 0 Å². The highest BCUT2D eigenvalue weighted by Gasteiger charge is 2.23. The Hall–Kier alpha value is -2.85. The average Bonchev–Trinajstić information content (AvgIpc) is 2.87. The molecule has 2 aliphatic heterocycles. The molecule has 0 amide bonds. The molecule has 1 aromatic carbocycles. The van der Waals surface area contributed by atoms with Crippen molar-refractivity contribution in [1.29, 1.82) is 0 Å². The molecule has 0 radical (unpaired) electrons. The molecule has 1 atom stereocenters. The van der Waals surface area contributed by atoms with E-state index in [-0.39, 0.29) is 6.10 Å². The van der Waals surface area contributed by atoms with Crippen LogP contribution in [0.4, 0.5) is 11.5 Å². The molecule has 2 aliphatic rings. The maximum Gasteiger partial charge on any atom is 0.154 e. The largest absolute Gasteiger partial charge is 0.389 e. The fraction of sp³-hybridized carbons (Fsp3) is 0.500. The van der Waals surface area contributed by atoms with Crippen LogP contribution in [0.1, 0.15) is 13.8 Å². The van der Waals surface area contributed by atoms with Gasteiger partial charge in [-0.2, -0.15) is 0 Å². The van der Waals surface area contributed by atoms with Gasteiger partial charge >= 0.3 is 0 Å². The van der Waals surface area contributed by atoms with Crippen molar-refractivity contribution in [3.05, 3.63) is 42.7 Å². The first-order valence-corrected chi connectivity index (χ1v) is 12.4. The topological polar surface area (TPSA) is 98.7 Å². The molecule has 9 nitrogen and oxygen atoms in total. The number of ether oxygens (including phenoxy) is 1. The number of nitrogens with one attached hydrogen (secondary N) is 2. The third-order valence-electron chi connectivity index (χ3n) is 6.47. The van der Waals surface area contributed by atoms with E-state index >= 15 is 0 Å². The summed E-state index contributed by atoms with van der Waals surface area (Å²) in [6, 6.07) is 10.6. The number of nitrogens with zero attached hydrogens (tertiary/aromatic N) is 5. The minimum atomic E-state index is -0.658. The van der Waals surface area contributed by atoms with Crippen LogP contribution in [0.15, 0.2) is 42.7 Å². The first-order valence-electron chi connectivity index (χ1n) is 12.4. The van der Waals surface area contributed by atoms with Gasteiger partial charge in [-0.05, 0) is 32.0 Å². The van der Waals surface area contributed by atoms with Crippen molar-refractivity contribution in [3.8, 4) is 11.3 Å². The van der Waals surface area contributed by atoms with Crippen LogP contribution < -0.4 is 15.5 Å². The minimum Gasteiger partial charge on any atom is -0.389 e. The second-order valence-corrected chi connectivity index (χ2v) is 9.98. The molecule has 2 fully saturated rings. The van der Waals surface area contributed by atoms with Crippen molar-refractivity contribution in [2.24, 2.45) is 0 Å². The second kappa shape index (κ2) is 10.4. The molecule has 1 unspecified atom stereocenters. The van der Waals surface area contributed by atoms with Gasteiger partial charge in [-0.3, -0.25) is 9.88 Å². The van der Waals surface area contributed by atoms with Gasteiger partial charge in [-0.15, -0.1) is 0 Å². The summed E-state index contributed by atoms with van der Waals surface area (Å²) in [6.45, 7) is 11.3. The zero-order valence-corrected chi connectivity index (χ0v) is 20.6. The van der Waals surface area contributed by atoms with E-state index in [9.17, 15) is 5.11 Å². The molecule has 0 bridgehead atoms. The van der Waals surface area contributed by atoms with E-state index < -0.39 is 5.60 Å². The number of fused-ring (bicyclic) bond motifs is 1. The second-order valence-electron chi connectivity index (χ2n) is 9.98. The maximum atomic E-state index is 10.1. The fourth-order valence-corrected chi connectivity index (χ4v) is 4.76. The van der Waals surface area contributed by atoms with E-state index in [1.54, 1.807) is 12.4 Å². The van der Waals surface area contributed by atoms with Crippen molar-refractivity contribution in [3.63, 3.8) is 0 Å². The first-order chi connectivity index (χ1) is 16.9. The average molecular weight is 478 g/mol. The SMILES string of the molecule is CC(C)(O)CN1CCN(c2ccc(-c3cc4nccnc4c(NCC4CNCCO4)n3)cc2)CC1. The van der Waals surface area contributed by atoms with E-state index in [0.29, 0.717) is 13.1 Å². The predicted octanol–water partition coefficient (Wildman–Crippen LogP) is 1.98. The van der Waals surface area contributed by atoms with Gasteiger partial charge in [-0.25, -0.2) is 9.97 Å². The van der Waals surface area contributed by atoms with Crippen LogP contribution in [-0.4, -0.2) is 95.6 Å². The predicted molar refractivity (Wildman–Crippen MR) is 139 cm³/mol. The summed E-state index contributed by atoms with van der Waals surface area (Å²) in [5.41, 5.74) is 4.04. The van der Waals surface area contributed by atoms with Gasteiger partial charge in [0.2, 0.25) is 0 Å². The highest BCUT2D eigenvalue weighted by molar-refractivity contribution is 5.88. The number of aliphatic hydroxyl groups is 1. The maximum absolute atomic E-state index is 10.1. The molecule has 0 aliphatic carbocycles. The van der Waals surface area contributed by atoms with Crippen LogP contribution in [0.25, 0.3) is 22.3 Å². The number of β-amino-alcohol motifs (C(OH)–C–C–N with tert-alkyl or cyclic N) is 1. The molecule has 3 aromatic rings. The molecule has 2 saturated heterocycles. The Balaban J connectivity index is 1.30. The summed E-state index contributed by atoms with van der Waals surface area (Å²) >= 11 is 0. The molecule has 35 heavy (non-hydrogen) atoms. The van der Waals surface area contributed by atoms with Gasteiger partial charge in [0.1, 0.15) is 5.52 Å². The minimum absolute atomic E-state index is 0.101. The highest BCUT2D eigenvalue weighted by atomic mass is 16.5. The van der Waals surface area contributed by atoms with E-state index in [2.05, 4.69) is 54.7 Å². The number of anilines is 2. The summed E-state index contributed by atoms with van der Waals surface area (Å²) in [4.78, 5) is 18.7.